The van der Waals surface area contributed by atoms with Crippen LogP contribution in [0.3, 0.4) is 0 Å². The van der Waals surface area contributed by atoms with Gasteiger partial charge in [0.1, 0.15) is 0 Å². The molecule has 0 amide bonds. The highest BCUT2D eigenvalue weighted by atomic mass is 19.4. The number of rotatable bonds is 18. The van der Waals surface area contributed by atoms with Crippen molar-refractivity contribution in [1.29, 1.82) is 0 Å². The summed E-state index contributed by atoms with van der Waals surface area (Å²) in [5, 5.41) is 36.7. The fourth-order valence-electron chi connectivity index (χ4n) is 4.39. The highest BCUT2D eigenvalue weighted by molar-refractivity contribution is 5.79. The Bertz CT molecular complexity index is 1360. The molecule has 17 heteroatoms. The minimum Gasteiger partial charge on any atom is -0.480 e. The van der Waals surface area contributed by atoms with E-state index in [-0.39, 0.29) is 49.9 Å². The monoisotopic (exact) mass is 663 g/mol. The van der Waals surface area contributed by atoms with Crippen LogP contribution in [0.1, 0.15) is 27.8 Å². The Morgan fingerprint density at radius 3 is 1.35 bits per heavy atom. The van der Waals surface area contributed by atoms with Crippen LogP contribution in [-0.2, 0) is 38.1 Å². The smallest absolute Gasteiger partial charge is 0.416 e. The van der Waals surface area contributed by atoms with E-state index in [1.807, 2.05) is 0 Å². The average molecular weight is 664 g/mol. The Labute approximate surface area is 258 Å². The lowest BCUT2D eigenvalue weighted by Crippen LogP contribution is -2.44. The summed E-state index contributed by atoms with van der Waals surface area (Å²) in [7, 11) is 0. The van der Waals surface area contributed by atoms with Crippen molar-refractivity contribution < 1.29 is 65.9 Å². The van der Waals surface area contributed by atoms with Crippen molar-refractivity contribution in [3.8, 4) is 0 Å². The number of hydrogen-bond donors (Lipinski definition) is 4. The molecule has 2 aromatic carbocycles. The molecule has 0 spiro atoms. The zero-order valence-corrected chi connectivity index (χ0v) is 24.1. The molecule has 0 aliphatic heterocycles. The van der Waals surface area contributed by atoms with Gasteiger partial charge in [-0.15, -0.1) is 0 Å². The Morgan fingerprint density at radius 1 is 0.565 bits per heavy atom. The lowest BCUT2D eigenvalue weighted by atomic mass is 9.95. The normalized spacial score (nSPS) is 12.1. The zero-order valence-electron chi connectivity index (χ0n) is 24.1. The summed E-state index contributed by atoms with van der Waals surface area (Å²) < 4.78 is 79.7. The van der Waals surface area contributed by atoms with Gasteiger partial charge in [-0.25, -0.2) is 0 Å². The number of halogens is 6. The van der Waals surface area contributed by atoms with E-state index in [2.05, 4.69) is 6.58 Å². The molecule has 0 saturated heterocycles. The largest absolute Gasteiger partial charge is 0.480 e. The van der Waals surface area contributed by atoms with Crippen LogP contribution in [0.5, 0.6) is 0 Å². The van der Waals surface area contributed by atoms with Gasteiger partial charge in [0.2, 0.25) is 0 Å². The van der Waals surface area contributed by atoms with E-state index in [1.54, 1.807) is 0 Å². The minimum atomic E-state index is -5.04. The number of hydrogen-bond acceptors (Lipinski definition) is 7. The summed E-state index contributed by atoms with van der Waals surface area (Å²) in [4.78, 5) is 48.9. The van der Waals surface area contributed by atoms with Crippen LogP contribution >= 0.6 is 0 Å². The van der Waals surface area contributed by atoms with Gasteiger partial charge in [0.25, 0.3) is 0 Å². The minimum absolute atomic E-state index is 0.000459. The lowest BCUT2D eigenvalue weighted by molar-refractivity contribution is -0.144. The molecule has 0 aromatic heterocycles. The molecule has 0 atom stereocenters. The summed E-state index contributed by atoms with van der Waals surface area (Å²) in [5.74, 6) is -5.01. The third-order valence-corrected chi connectivity index (χ3v) is 6.55. The molecule has 252 valence electrons. The van der Waals surface area contributed by atoms with Crippen molar-refractivity contribution in [1.82, 2.24) is 14.7 Å². The van der Waals surface area contributed by atoms with Crippen LogP contribution in [-0.4, -0.2) is 111 Å². The van der Waals surface area contributed by atoms with E-state index in [4.69, 9.17) is 10.2 Å². The number of nitrogens with zero attached hydrogens (tertiary/aromatic N) is 3. The molecule has 4 N–H and O–H groups in total. The zero-order chi connectivity index (χ0) is 34.8. The van der Waals surface area contributed by atoms with Gasteiger partial charge in [0, 0.05) is 32.7 Å². The first-order valence-electron chi connectivity index (χ1n) is 13.4. The van der Waals surface area contributed by atoms with E-state index < -0.39 is 79.1 Å². The van der Waals surface area contributed by atoms with Gasteiger partial charge in [-0.2, -0.15) is 26.3 Å². The highest BCUT2D eigenvalue weighted by Crippen LogP contribution is 2.38. The number of benzene rings is 2. The Kier molecular flexibility index (Phi) is 13.3. The molecule has 0 fully saturated rings. The molecule has 0 heterocycles. The number of aliphatic carboxylic acids is 4. The van der Waals surface area contributed by atoms with Gasteiger partial charge in [-0.05, 0) is 40.5 Å². The SMILES string of the molecule is C=C(c1ccc(CN(CCN(CCN(CC(=O)O)CC(=O)O)CC(=O)O)CC(=O)O)cc1)c1cc(C(F)(F)F)cc(C(F)(F)F)c1. The van der Waals surface area contributed by atoms with E-state index in [0.717, 1.165) is 4.90 Å². The second kappa shape index (κ2) is 16.2. The van der Waals surface area contributed by atoms with Crippen molar-refractivity contribution in [3.05, 3.63) is 76.9 Å². The van der Waals surface area contributed by atoms with E-state index in [0.29, 0.717) is 17.7 Å². The fourth-order valence-corrected chi connectivity index (χ4v) is 4.39. The molecular weight excluding hydrogens is 632 g/mol. The standard InChI is InChI=1S/C29H31F6N3O8/c1-18(21-10-22(28(30,31)32)12-23(11-21)29(33,34)35)20-4-2-19(3-5-20)13-37(15-25(41)42)8-6-36(14-24(39)40)7-9-38(16-26(43)44)17-27(45)46/h2-5,10-12H,1,6-9,13-17H2,(H,39,40)(H,41,42)(H,43,44)(H,45,46). The van der Waals surface area contributed by atoms with Crippen molar-refractivity contribution in [2.45, 2.75) is 18.9 Å². The van der Waals surface area contributed by atoms with E-state index >= 15 is 0 Å². The molecule has 0 bridgehead atoms. The summed E-state index contributed by atoms with van der Waals surface area (Å²) in [6.45, 7) is 1.34. The van der Waals surface area contributed by atoms with Gasteiger partial charge in [-0.3, -0.25) is 33.9 Å². The highest BCUT2D eigenvalue weighted by Gasteiger charge is 2.37. The predicted octanol–water partition coefficient (Wildman–Crippen LogP) is 3.53. The molecule has 0 radical (unpaired) electrons. The van der Waals surface area contributed by atoms with Crippen LogP contribution in [0.2, 0.25) is 0 Å². The van der Waals surface area contributed by atoms with Crippen molar-refractivity contribution in [2.24, 2.45) is 0 Å². The van der Waals surface area contributed by atoms with Crippen molar-refractivity contribution in [2.75, 3.05) is 52.4 Å². The van der Waals surface area contributed by atoms with Crippen LogP contribution < -0.4 is 0 Å². The Hall–Kier alpha value is -4.48. The Morgan fingerprint density at radius 2 is 0.935 bits per heavy atom. The molecule has 2 rings (SSSR count). The second-order valence-corrected chi connectivity index (χ2v) is 10.2. The summed E-state index contributed by atoms with van der Waals surface area (Å²) in [6, 6.07) is 6.91. The predicted molar refractivity (Wildman–Crippen MR) is 150 cm³/mol. The van der Waals surface area contributed by atoms with Gasteiger partial charge in [-0.1, -0.05) is 30.8 Å². The summed E-state index contributed by atoms with van der Waals surface area (Å²) >= 11 is 0. The molecule has 11 nitrogen and oxygen atoms in total. The molecule has 0 aliphatic carbocycles. The van der Waals surface area contributed by atoms with Crippen LogP contribution in [0.15, 0.2) is 49.0 Å². The maximum absolute atomic E-state index is 13.3. The first-order valence-corrected chi connectivity index (χ1v) is 13.4. The lowest BCUT2D eigenvalue weighted by Gasteiger charge is -2.28. The van der Waals surface area contributed by atoms with Crippen molar-refractivity contribution >= 4 is 29.5 Å². The van der Waals surface area contributed by atoms with Crippen LogP contribution in [0, 0.1) is 0 Å². The van der Waals surface area contributed by atoms with Gasteiger partial charge in [0.15, 0.2) is 0 Å². The maximum atomic E-state index is 13.3. The second-order valence-electron chi connectivity index (χ2n) is 10.2. The van der Waals surface area contributed by atoms with Gasteiger partial charge in [0.05, 0.1) is 37.3 Å². The van der Waals surface area contributed by atoms with Crippen LogP contribution in [0.25, 0.3) is 5.57 Å². The van der Waals surface area contributed by atoms with E-state index in [9.17, 15) is 55.7 Å². The Balaban J connectivity index is 2.19. The first-order chi connectivity index (χ1) is 21.2. The number of carbonyl (C=O) groups is 4. The third-order valence-electron chi connectivity index (χ3n) is 6.55. The maximum Gasteiger partial charge on any atom is 0.416 e. The van der Waals surface area contributed by atoms with E-state index in [1.165, 1.54) is 34.1 Å². The molecule has 2 aromatic rings. The average Bonchev–Trinajstić information content (AvgIpc) is 2.92. The molecule has 0 saturated carbocycles. The molecular formula is C29H31F6N3O8. The topological polar surface area (TPSA) is 159 Å². The van der Waals surface area contributed by atoms with Gasteiger partial charge < -0.3 is 20.4 Å². The number of carboxylic acids is 4. The first kappa shape index (κ1) is 37.7. The number of alkyl halides is 6. The quantitative estimate of drug-likeness (QED) is 0.173. The fraction of sp³-hybridized carbons (Fsp3) is 0.379. The van der Waals surface area contributed by atoms with Crippen LogP contribution in [0.4, 0.5) is 26.3 Å². The molecule has 0 aliphatic rings. The molecule has 0 unspecified atom stereocenters. The molecule has 46 heavy (non-hydrogen) atoms. The third kappa shape index (κ3) is 12.9. The van der Waals surface area contributed by atoms with Crippen molar-refractivity contribution in [3.63, 3.8) is 0 Å². The number of carboxylic acid groups (broad SMARTS) is 4. The van der Waals surface area contributed by atoms with Gasteiger partial charge >= 0.3 is 36.2 Å². The summed E-state index contributed by atoms with van der Waals surface area (Å²) in [6.07, 6.45) is -10.1. The summed E-state index contributed by atoms with van der Waals surface area (Å²) in [5.41, 5.74) is -2.78.